The summed E-state index contributed by atoms with van der Waals surface area (Å²) in [5.74, 6) is -0.574. The van der Waals surface area contributed by atoms with Crippen molar-refractivity contribution >= 4 is 19.7 Å². The Kier molecular flexibility index (Phi) is 65.2. The van der Waals surface area contributed by atoms with E-state index in [9.17, 15) is 19.0 Å². The Morgan fingerprint density at radius 1 is 0.396 bits per heavy atom. The van der Waals surface area contributed by atoms with Gasteiger partial charge in [-0.2, -0.15) is 0 Å². The lowest BCUT2D eigenvalue weighted by Crippen LogP contribution is -2.47. The Labute approximate surface area is 560 Å². The summed E-state index contributed by atoms with van der Waals surface area (Å²) in [5, 5.41) is 3.03. The van der Waals surface area contributed by atoms with Crippen LogP contribution in [0.5, 0.6) is 0 Å². The molecular weight excluding hydrogens is 1140 g/mol. The van der Waals surface area contributed by atoms with Crippen LogP contribution in [0, 0.1) is 0 Å². The minimum atomic E-state index is -4.73. The molecule has 0 bridgehead atoms. The highest BCUT2D eigenvalue weighted by Gasteiger charge is 2.27. The predicted molar refractivity (Wildman–Crippen MR) is 394 cm³/mol. The number of carbonyl (C=O) groups excluding carboxylic acids is 2. The number of nitrogens with one attached hydrogen (secondary N) is 1. The molecule has 0 saturated heterocycles. The molecule has 0 aliphatic heterocycles. The number of likely N-dealkylation sites (N-methyl/N-ethyl adjacent to an activating group) is 1. The number of phosphoric acid groups is 1. The molecule has 1 N–H and O–H groups in total. The third-order valence-electron chi connectivity index (χ3n) is 15.5. The van der Waals surface area contributed by atoms with Gasteiger partial charge < -0.3 is 28.5 Å². The third-order valence-corrected chi connectivity index (χ3v) is 16.4. The first-order chi connectivity index (χ1) is 44.4. The van der Waals surface area contributed by atoms with Gasteiger partial charge in [0, 0.05) is 12.8 Å². The van der Waals surface area contributed by atoms with Crippen molar-refractivity contribution < 1.29 is 37.3 Å². The first kappa shape index (κ1) is 86.6. The van der Waals surface area contributed by atoms with Crippen molar-refractivity contribution in [3.8, 4) is 0 Å². The normalized spacial score (nSPS) is 14.4. The first-order valence-electron chi connectivity index (χ1n) is 36.8. The molecule has 1 amide bonds. The fraction of sp³-hybridized carbons (Fsp3) is 0.654. The van der Waals surface area contributed by atoms with Crippen LogP contribution in [-0.4, -0.2) is 69.4 Å². The number of nitrogens with zero attached hydrogens (tertiary/aromatic N) is 1. The van der Waals surface area contributed by atoms with Gasteiger partial charge in [-0.1, -0.05) is 301 Å². The Bertz CT molecular complexity index is 2120. The van der Waals surface area contributed by atoms with Gasteiger partial charge in [0.05, 0.1) is 33.8 Å². The van der Waals surface area contributed by atoms with Crippen molar-refractivity contribution in [2.75, 3.05) is 40.9 Å². The van der Waals surface area contributed by atoms with E-state index >= 15 is 0 Å². The highest BCUT2D eigenvalue weighted by atomic mass is 31.2. The topological polar surface area (TPSA) is 114 Å². The number of hydrogen-bond acceptors (Lipinski definition) is 7. The summed E-state index contributed by atoms with van der Waals surface area (Å²) in [6.07, 6.45) is 101. The molecule has 0 rings (SSSR count). The van der Waals surface area contributed by atoms with E-state index in [1.165, 1.54) is 83.5 Å². The van der Waals surface area contributed by atoms with Gasteiger partial charge in [0.15, 0.2) is 0 Å². The summed E-state index contributed by atoms with van der Waals surface area (Å²) in [4.78, 5) is 40.3. The van der Waals surface area contributed by atoms with Gasteiger partial charge in [-0.15, -0.1) is 0 Å². The molecule has 0 radical (unpaired) electrons. The number of esters is 1. The van der Waals surface area contributed by atoms with Crippen LogP contribution in [0.4, 0.5) is 0 Å². The number of unbranched alkanes of at least 4 members (excludes halogenated alkanes) is 25. The Hall–Kier alpha value is -4.37. The van der Waals surface area contributed by atoms with Crippen molar-refractivity contribution in [3.05, 3.63) is 158 Å². The zero-order valence-corrected chi connectivity index (χ0v) is 60.1. The standard InChI is InChI=1S/C81H137N2O7P/c1-7-10-13-16-19-22-25-28-30-32-34-36-38-40-41-43-45-47-49-51-53-56-59-62-65-68-71-74-81(85)90-79(72-69-66-63-60-57-54-27-24-21-18-15-12-9-3)78(77-89-91(86,87)88-76-75-83(4,5)6)82-80(84)73-70-67-64-61-58-55-52-50-48-46-44-42-39-37-35-33-31-29-26-23-20-17-14-11-8-2/h10-11,13-14,19-20,22-23,28-31,34-37,40-42,44-45,47-48,50,69,72,78-79H,7-9,12,15-18,21,24-27,32-33,38-39,43,46,49,51-68,70-71,73-77H2,1-6H3,(H-,82,84,86,87)/b13-10-,14-11-,22-19-,23-20-,30-28-,31-29-,36-34-,37-35-,41-40-,44-42-,47-45-,50-48-,72-69+. The van der Waals surface area contributed by atoms with Gasteiger partial charge in [0.25, 0.3) is 7.82 Å². The van der Waals surface area contributed by atoms with Gasteiger partial charge in [-0.3, -0.25) is 14.2 Å². The lowest BCUT2D eigenvalue weighted by atomic mass is 10.0. The van der Waals surface area contributed by atoms with Crippen LogP contribution < -0.4 is 10.2 Å². The van der Waals surface area contributed by atoms with Crippen LogP contribution >= 0.6 is 7.82 Å². The molecule has 0 spiro atoms. The minimum absolute atomic E-state index is 0.0356. The molecule has 9 nitrogen and oxygen atoms in total. The van der Waals surface area contributed by atoms with Crippen molar-refractivity contribution in [1.82, 2.24) is 5.32 Å². The SMILES string of the molecule is CC/C=C\C/C=C\C/C=C\C/C=C\C/C=C\C/C=C\CCCCCCCCCCC(=O)OC(/C=C/CCCCCCCCCCCCC)C(COP(=O)([O-])OCC[N+](C)(C)C)NC(=O)CCCCCCCC/C=C\C/C=C\C/C=C\C/C=C\C/C=C\C/C=C\CC. The second-order valence-corrected chi connectivity index (χ2v) is 26.7. The zero-order valence-electron chi connectivity index (χ0n) is 59.2. The lowest BCUT2D eigenvalue weighted by Gasteiger charge is -2.30. The second-order valence-electron chi connectivity index (χ2n) is 25.3. The van der Waals surface area contributed by atoms with E-state index in [1.807, 2.05) is 33.3 Å². The first-order valence-corrected chi connectivity index (χ1v) is 38.3. The van der Waals surface area contributed by atoms with Crippen molar-refractivity contribution in [2.45, 2.75) is 303 Å². The molecular formula is C81H137N2O7P. The second kappa shape index (κ2) is 68.5. The Balaban J connectivity index is 5.15. The molecule has 91 heavy (non-hydrogen) atoms. The van der Waals surface area contributed by atoms with E-state index in [2.05, 4.69) is 172 Å². The maximum atomic E-state index is 13.6. The van der Waals surface area contributed by atoms with Crippen LogP contribution in [0.15, 0.2) is 158 Å². The highest BCUT2D eigenvalue weighted by molar-refractivity contribution is 7.45. The summed E-state index contributed by atoms with van der Waals surface area (Å²) < 4.78 is 30.5. The van der Waals surface area contributed by atoms with E-state index in [0.717, 1.165) is 161 Å². The van der Waals surface area contributed by atoms with E-state index in [1.54, 1.807) is 0 Å². The van der Waals surface area contributed by atoms with E-state index in [4.69, 9.17) is 13.8 Å². The number of hydrogen-bond donors (Lipinski definition) is 1. The number of quaternary nitrogens is 1. The monoisotopic (exact) mass is 1280 g/mol. The molecule has 0 aliphatic rings. The number of carbonyl (C=O) groups is 2. The largest absolute Gasteiger partial charge is 0.756 e. The highest BCUT2D eigenvalue weighted by Crippen LogP contribution is 2.38. The smallest absolute Gasteiger partial charge is 0.306 e. The number of phosphoric ester groups is 1. The summed E-state index contributed by atoms with van der Waals surface area (Å²) in [6, 6.07) is -0.914. The minimum Gasteiger partial charge on any atom is -0.756 e. The summed E-state index contributed by atoms with van der Waals surface area (Å²) in [5.41, 5.74) is 0. The van der Waals surface area contributed by atoms with Gasteiger partial charge in [0.1, 0.15) is 19.3 Å². The van der Waals surface area contributed by atoms with Gasteiger partial charge in [0.2, 0.25) is 5.91 Å². The van der Waals surface area contributed by atoms with Crippen LogP contribution in [0.2, 0.25) is 0 Å². The molecule has 0 aliphatic carbocycles. The fourth-order valence-electron chi connectivity index (χ4n) is 9.88. The van der Waals surface area contributed by atoms with Crippen molar-refractivity contribution in [3.63, 3.8) is 0 Å². The number of rotatable bonds is 65. The average molecular weight is 1280 g/mol. The van der Waals surface area contributed by atoms with Crippen LogP contribution in [0.3, 0.4) is 0 Å². The molecule has 0 saturated carbocycles. The lowest BCUT2D eigenvalue weighted by molar-refractivity contribution is -0.870. The van der Waals surface area contributed by atoms with E-state index in [0.29, 0.717) is 23.9 Å². The number of allylic oxidation sites excluding steroid dienone is 25. The zero-order chi connectivity index (χ0) is 66.3. The third kappa shape index (κ3) is 69.8. The average Bonchev–Trinajstić information content (AvgIpc) is 3.73. The van der Waals surface area contributed by atoms with E-state index in [-0.39, 0.29) is 31.3 Å². The Morgan fingerprint density at radius 3 is 1.05 bits per heavy atom. The number of amides is 1. The van der Waals surface area contributed by atoms with Crippen LogP contribution in [0.1, 0.15) is 290 Å². The molecule has 0 aromatic carbocycles. The summed E-state index contributed by atoms with van der Waals surface area (Å²) in [7, 11) is 1.15. The molecule has 0 heterocycles. The van der Waals surface area contributed by atoms with Crippen LogP contribution in [-0.2, 0) is 27.9 Å². The quantitative estimate of drug-likeness (QED) is 0.0212. The fourth-order valence-corrected chi connectivity index (χ4v) is 10.6. The van der Waals surface area contributed by atoms with Gasteiger partial charge in [-0.25, -0.2) is 0 Å². The van der Waals surface area contributed by atoms with Crippen molar-refractivity contribution in [1.29, 1.82) is 0 Å². The predicted octanol–water partition coefficient (Wildman–Crippen LogP) is 23.3. The maximum Gasteiger partial charge on any atom is 0.306 e. The molecule has 0 fully saturated rings. The molecule has 10 heteroatoms. The molecule has 3 atom stereocenters. The number of ether oxygens (including phenoxy) is 1. The molecule has 3 unspecified atom stereocenters. The molecule has 0 aromatic rings. The van der Waals surface area contributed by atoms with Crippen LogP contribution in [0.25, 0.3) is 0 Å². The van der Waals surface area contributed by atoms with Gasteiger partial charge in [-0.05, 0) is 134 Å². The van der Waals surface area contributed by atoms with E-state index < -0.39 is 26.6 Å². The summed E-state index contributed by atoms with van der Waals surface area (Å²) in [6.45, 7) is 6.60. The maximum absolute atomic E-state index is 13.6. The van der Waals surface area contributed by atoms with Gasteiger partial charge >= 0.3 is 5.97 Å². The Morgan fingerprint density at radius 2 is 0.703 bits per heavy atom. The molecule has 518 valence electrons. The molecule has 0 aromatic heterocycles. The van der Waals surface area contributed by atoms with Crippen molar-refractivity contribution in [2.24, 2.45) is 0 Å². The summed E-state index contributed by atoms with van der Waals surface area (Å²) >= 11 is 0.